The zero-order valence-corrected chi connectivity index (χ0v) is 19.4. The highest BCUT2D eigenvalue weighted by molar-refractivity contribution is 7.81. The first-order valence-electron chi connectivity index (χ1n) is 10.7. The van der Waals surface area contributed by atoms with Gasteiger partial charge >= 0.3 is 0 Å². The summed E-state index contributed by atoms with van der Waals surface area (Å²) in [7, 11) is 0. The molecular weight excluding hydrogens is 472 g/mol. The Hall–Kier alpha value is -4.23. The molecule has 1 aromatic heterocycles. The first-order valence-corrected chi connectivity index (χ1v) is 11.1. The summed E-state index contributed by atoms with van der Waals surface area (Å²) < 4.78 is 28.8. The summed E-state index contributed by atoms with van der Waals surface area (Å²) in [6.45, 7) is 2.06. The summed E-state index contributed by atoms with van der Waals surface area (Å²) in [6, 6.07) is 13.2. The molecule has 2 aromatic carbocycles. The number of nitrogens with zero attached hydrogens (tertiary/aromatic N) is 4. The molecule has 0 aliphatic carbocycles. The highest BCUT2D eigenvalue weighted by atomic mass is 32.1. The SMILES string of the molecule is Cc1cc(N2C(=O)CCCN(c3ccc(C(=O)Nc4ccccc4F)c(F)c3)C2=S)cnc1C#N. The number of carbonyl (C=O) groups excluding carboxylic acids is 2. The molecule has 0 radical (unpaired) electrons. The van der Waals surface area contributed by atoms with Gasteiger partial charge in [0.2, 0.25) is 5.91 Å². The Morgan fingerprint density at radius 3 is 2.60 bits per heavy atom. The average Bonchev–Trinajstić information content (AvgIpc) is 2.97. The van der Waals surface area contributed by atoms with Crippen molar-refractivity contribution in [2.24, 2.45) is 0 Å². The second-order valence-electron chi connectivity index (χ2n) is 7.84. The highest BCUT2D eigenvalue weighted by Crippen LogP contribution is 2.27. The van der Waals surface area contributed by atoms with E-state index in [4.69, 9.17) is 17.5 Å². The van der Waals surface area contributed by atoms with E-state index in [2.05, 4.69) is 10.3 Å². The molecule has 1 N–H and O–H groups in total. The number of hydrogen-bond donors (Lipinski definition) is 1. The Bertz CT molecular complexity index is 1390. The standard InChI is InChI=1S/C25H19F2N5O2S/c1-15-11-17(14-29-22(15)13-28)32-23(33)7-4-10-31(25(32)35)16-8-9-18(20(27)12-16)24(34)30-21-6-3-2-5-19(21)26/h2-3,5-6,8-9,11-12,14H,4,7,10H2,1H3,(H,30,34). The fourth-order valence-corrected chi connectivity index (χ4v) is 4.13. The van der Waals surface area contributed by atoms with Crippen molar-refractivity contribution in [1.82, 2.24) is 4.98 Å². The molecule has 1 aliphatic heterocycles. The van der Waals surface area contributed by atoms with Crippen LogP contribution in [0.2, 0.25) is 0 Å². The molecule has 0 atom stereocenters. The predicted molar refractivity (Wildman–Crippen MR) is 131 cm³/mol. The maximum absolute atomic E-state index is 15.0. The van der Waals surface area contributed by atoms with E-state index in [1.165, 1.54) is 41.4 Å². The van der Waals surface area contributed by atoms with Crippen LogP contribution in [0.4, 0.5) is 25.8 Å². The number of carbonyl (C=O) groups is 2. The number of thiocarbonyl (C=S) groups is 1. The van der Waals surface area contributed by atoms with Crippen LogP contribution < -0.4 is 15.1 Å². The van der Waals surface area contributed by atoms with Crippen LogP contribution in [0.25, 0.3) is 0 Å². The Labute approximate surface area is 205 Å². The quantitative estimate of drug-likeness (QED) is 0.532. The van der Waals surface area contributed by atoms with Gasteiger partial charge in [0.05, 0.1) is 23.1 Å². The van der Waals surface area contributed by atoms with Crippen molar-refractivity contribution in [3.8, 4) is 6.07 Å². The summed E-state index contributed by atoms with van der Waals surface area (Å²) in [6.07, 6.45) is 2.08. The first-order chi connectivity index (χ1) is 16.8. The van der Waals surface area contributed by atoms with Crippen LogP contribution in [0.15, 0.2) is 54.7 Å². The number of para-hydroxylation sites is 1. The Balaban J connectivity index is 1.62. The average molecular weight is 492 g/mol. The van der Waals surface area contributed by atoms with Gasteiger partial charge in [-0.05, 0) is 67.5 Å². The Kier molecular flexibility index (Phi) is 6.80. The van der Waals surface area contributed by atoms with Crippen molar-refractivity contribution < 1.29 is 18.4 Å². The number of anilines is 3. The Morgan fingerprint density at radius 2 is 1.91 bits per heavy atom. The van der Waals surface area contributed by atoms with E-state index in [1.807, 2.05) is 6.07 Å². The van der Waals surface area contributed by atoms with Crippen molar-refractivity contribution in [1.29, 1.82) is 5.26 Å². The monoisotopic (exact) mass is 491 g/mol. The second kappa shape index (κ2) is 9.95. The van der Waals surface area contributed by atoms with Gasteiger partial charge < -0.3 is 10.2 Å². The molecule has 0 saturated carbocycles. The maximum atomic E-state index is 15.0. The molecule has 1 aliphatic rings. The number of aromatic nitrogens is 1. The molecule has 176 valence electrons. The summed E-state index contributed by atoms with van der Waals surface area (Å²) in [5.41, 5.74) is 1.27. The maximum Gasteiger partial charge on any atom is 0.258 e. The van der Waals surface area contributed by atoms with Crippen LogP contribution in [-0.4, -0.2) is 28.5 Å². The van der Waals surface area contributed by atoms with Gasteiger partial charge in [0.15, 0.2) is 5.11 Å². The van der Waals surface area contributed by atoms with Crippen molar-refractivity contribution >= 4 is 46.2 Å². The molecule has 7 nitrogen and oxygen atoms in total. The summed E-state index contributed by atoms with van der Waals surface area (Å²) >= 11 is 5.60. The normalized spacial score (nSPS) is 13.9. The van der Waals surface area contributed by atoms with Crippen molar-refractivity contribution in [2.75, 3.05) is 21.7 Å². The first kappa shape index (κ1) is 23.9. The fourth-order valence-electron chi connectivity index (χ4n) is 3.72. The van der Waals surface area contributed by atoms with Gasteiger partial charge in [0.25, 0.3) is 5.91 Å². The molecule has 0 bridgehead atoms. The van der Waals surface area contributed by atoms with Gasteiger partial charge in [-0.2, -0.15) is 5.26 Å². The molecule has 3 aromatic rings. The minimum absolute atomic E-state index is 0.0600. The Morgan fingerprint density at radius 1 is 1.14 bits per heavy atom. The van der Waals surface area contributed by atoms with E-state index in [9.17, 15) is 18.4 Å². The van der Waals surface area contributed by atoms with E-state index in [1.54, 1.807) is 24.0 Å². The van der Waals surface area contributed by atoms with Crippen LogP contribution >= 0.6 is 12.2 Å². The number of amides is 2. The zero-order chi connectivity index (χ0) is 25.1. The van der Waals surface area contributed by atoms with E-state index < -0.39 is 17.5 Å². The molecular formula is C25H19F2N5O2S. The van der Waals surface area contributed by atoms with Gasteiger partial charge in [0, 0.05) is 18.7 Å². The van der Waals surface area contributed by atoms with E-state index in [0.29, 0.717) is 29.9 Å². The highest BCUT2D eigenvalue weighted by Gasteiger charge is 2.30. The van der Waals surface area contributed by atoms with Crippen molar-refractivity contribution in [2.45, 2.75) is 19.8 Å². The molecule has 1 saturated heterocycles. The minimum atomic E-state index is -0.822. The molecule has 2 heterocycles. The fraction of sp³-hybridized carbons (Fsp3) is 0.160. The predicted octanol–water partition coefficient (Wildman–Crippen LogP) is 4.71. The summed E-state index contributed by atoms with van der Waals surface area (Å²) in [4.78, 5) is 32.4. The van der Waals surface area contributed by atoms with Crippen LogP contribution in [-0.2, 0) is 4.79 Å². The molecule has 1 fully saturated rings. The van der Waals surface area contributed by atoms with Crippen LogP contribution in [0.5, 0.6) is 0 Å². The van der Waals surface area contributed by atoms with Gasteiger partial charge in [-0.3, -0.25) is 14.5 Å². The van der Waals surface area contributed by atoms with E-state index >= 15 is 0 Å². The lowest BCUT2D eigenvalue weighted by molar-refractivity contribution is -0.117. The number of nitrogens with one attached hydrogen (secondary N) is 1. The molecule has 0 unspecified atom stereocenters. The summed E-state index contributed by atoms with van der Waals surface area (Å²) in [5.74, 6) is -2.50. The van der Waals surface area contributed by atoms with Gasteiger partial charge in [-0.1, -0.05) is 12.1 Å². The number of aryl methyl sites for hydroxylation is 1. The van der Waals surface area contributed by atoms with Gasteiger partial charge in [-0.25, -0.2) is 13.8 Å². The van der Waals surface area contributed by atoms with Gasteiger partial charge in [-0.15, -0.1) is 0 Å². The summed E-state index contributed by atoms with van der Waals surface area (Å²) in [5, 5.41) is 11.6. The van der Waals surface area contributed by atoms with Crippen molar-refractivity contribution in [3.63, 3.8) is 0 Å². The number of halogens is 2. The minimum Gasteiger partial charge on any atom is -0.319 e. The number of pyridine rings is 1. The second-order valence-corrected chi connectivity index (χ2v) is 8.20. The largest absolute Gasteiger partial charge is 0.319 e. The molecule has 4 rings (SSSR count). The van der Waals surface area contributed by atoms with E-state index in [-0.39, 0.29) is 34.4 Å². The van der Waals surface area contributed by atoms with Crippen LogP contribution in [0.1, 0.15) is 34.5 Å². The third kappa shape index (κ3) is 4.85. The third-order valence-electron chi connectivity index (χ3n) is 5.50. The van der Waals surface area contributed by atoms with Crippen LogP contribution in [0, 0.1) is 29.9 Å². The van der Waals surface area contributed by atoms with E-state index in [0.717, 1.165) is 6.07 Å². The number of nitriles is 1. The topological polar surface area (TPSA) is 89.3 Å². The number of rotatable bonds is 4. The van der Waals surface area contributed by atoms with Gasteiger partial charge in [0.1, 0.15) is 23.4 Å². The van der Waals surface area contributed by atoms with Crippen molar-refractivity contribution in [3.05, 3.63) is 83.2 Å². The molecule has 0 spiro atoms. The lowest BCUT2D eigenvalue weighted by Gasteiger charge is -2.29. The lowest BCUT2D eigenvalue weighted by atomic mass is 10.1. The smallest absolute Gasteiger partial charge is 0.258 e. The molecule has 35 heavy (non-hydrogen) atoms. The van der Waals surface area contributed by atoms with Crippen LogP contribution in [0.3, 0.4) is 0 Å². The lowest BCUT2D eigenvalue weighted by Crippen LogP contribution is -2.44. The number of hydrogen-bond acceptors (Lipinski definition) is 5. The zero-order valence-electron chi connectivity index (χ0n) is 18.6. The third-order valence-corrected chi connectivity index (χ3v) is 5.91. The molecule has 2 amide bonds. The number of benzene rings is 2. The molecule has 10 heteroatoms.